The van der Waals surface area contributed by atoms with Crippen LogP contribution in [0.2, 0.25) is 5.02 Å². The van der Waals surface area contributed by atoms with Crippen molar-refractivity contribution in [3.05, 3.63) is 37.7 Å². The molecule has 0 aliphatic rings. The number of rotatable bonds is 1. The van der Waals surface area contributed by atoms with Crippen LogP contribution in [0.5, 0.6) is 0 Å². The second-order valence-electron chi connectivity index (χ2n) is 2.91. The fraction of sp³-hybridized carbons (Fsp3) is 0.100. The molecule has 2 aromatic rings. The standard InChI is InChI=1S/C10H7ClINS/c1-6-9(12)10(13-14-6)7-2-4-8(11)5-3-7/h2-5H,1H3. The van der Waals surface area contributed by atoms with Crippen LogP contribution in [0.1, 0.15) is 4.88 Å². The zero-order valence-electron chi connectivity index (χ0n) is 7.42. The van der Waals surface area contributed by atoms with E-state index in [-0.39, 0.29) is 0 Å². The number of hydrogen-bond acceptors (Lipinski definition) is 2. The maximum Gasteiger partial charge on any atom is 0.0976 e. The average Bonchev–Trinajstić information content (AvgIpc) is 2.50. The van der Waals surface area contributed by atoms with Gasteiger partial charge in [0, 0.05) is 15.5 Å². The lowest BCUT2D eigenvalue weighted by atomic mass is 10.1. The minimum Gasteiger partial charge on any atom is -0.191 e. The van der Waals surface area contributed by atoms with Gasteiger partial charge < -0.3 is 0 Å². The van der Waals surface area contributed by atoms with Crippen molar-refractivity contribution < 1.29 is 0 Å². The van der Waals surface area contributed by atoms with E-state index in [0.29, 0.717) is 0 Å². The molecule has 1 nitrogen and oxygen atoms in total. The minimum atomic E-state index is 0.760. The van der Waals surface area contributed by atoms with Gasteiger partial charge in [-0.15, -0.1) is 0 Å². The first kappa shape index (κ1) is 10.4. The summed E-state index contributed by atoms with van der Waals surface area (Å²) < 4.78 is 5.64. The summed E-state index contributed by atoms with van der Waals surface area (Å²) in [5.74, 6) is 0. The molecule has 0 unspecified atom stereocenters. The molecule has 1 aromatic carbocycles. The molecule has 0 saturated heterocycles. The molecule has 0 fully saturated rings. The Kier molecular flexibility index (Phi) is 3.09. The number of aromatic nitrogens is 1. The molecule has 0 aliphatic heterocycles. The monoisotopic (exact) mass is 335 g/mol. The van der Waals surface area contributed by atoms with Gasteiger partial charge in [0.05, 0.1) is 9.26 Å². The summed E-state index contributed by atoms with van der Waals surface area (Å²) in [6.45, 7) is 2.08. The van der Waals surface area contributed by atoms with E-state index < -0.39 is 0 Å². The van der Waals surface area contributed by atoms with Gasteiger partial charge in [0.15, 0.2) is 0 Å². The maximum absolute atomic E-state index is 5.82. The lowest BCUT2D eigenvalue weighted by Gasteiger charge is -1.97. The molecule has 0 N–H and O–H groups in total. The highest BCUT2D eigenvalue weighted by atomic mass is 127. The smallest absolute Gasteiger partial charge is 0.0976 e. The molecule has 0 atom stereocenters. The largest absolute Gasteiger partial charge is 0.191 e. The zero-order valence-corrected chi connectivity index (χ0v) is 11.2. The van der Waals surface area contributed by atoms with Gasteiger partial charge in [-0.2, -0.15) is 4.37 Å². The predicted octanol–water partition coefficient (Wildman–Crippen LogP) is 4.38. The van der Waals surface area contributed by atoms with E-state index >= 15 is 0 Å². The van der Waals surface area contributed by atoms with Crippen molar-refractivity contribution in [3.63, 3.8) is 0 Å². The van der Waals surface area contributed by atoms with Crippen molar-refractivity contribution in [1.29, 1.82) is 0 Å². The molecule has 72 valence electrons. The number of hydrogen-bond donors (Lipinski definition) is 0. The predicted molar refractivity (Wildman–Crippen MR) is 70.0 cm³/mol. The van der Waals surface area contributed by atoms with Gasteiger partial charge in [0.25, 0.3) is 0 Å². The van der Waals surface area contributed by atoms with Crippen LogP contribution in [0.15, 0.2) is 24.3 Å². The first-order valence-electron chi connectivity index (χ1n) is 4.06. The SMILES string of the molecule is Cc1snc(-c2ccc(Cl)cc2)c1I. The van der Waals surface area contributed by atoms with Crippen LogP contribution in [0, 0.1) is 10.5 Å². The van der Waals surface area contributed by atoms with Crippen molar-refractivity contribution in [2.75, 3.05) is 0 Å². The van der Waals surface area contributed by atoms with Crippen LogP contribution < -0.4 is 0 Å². The van der Waals surface area contributed by atoms with E-state index in [4.69, 9.17) is 11.6 Å². The molecule has 0 radical (unpaired) electrons. The van der Waals surface area contributed by atoms with Gasteiger partial charge in [0.1, 0.15) is 0 Å². The molecule has 0 bridgehead atoms. The van der Waals surface area contributed by atoms with Crippen LogP contribution in [0.3, 0.4) is 0 Å². The van der Waals surface area contributed by atoms with Crippen LogP contribution in [0.4, 0.5) is 0 Å². The topological polar surface area (TPSA) is 12.9 Å². The first-order valence-corrected chi connectivity index (χ1v) is 6.29. The molecule has 0 amide bonds. The fourth-order valence-electron chi connectivity index (χ4n) is 1.15. The third-order valence-corrected chi connectivity index (χ3v) is 4.60. The van der Waals surface area contributed by atoms with Gasteiger partial charge in [-0.3, -0.25) is 0 Å². The maximum atomic E-state index is 5.82. The summed E-state index contributed by atoms with van der Waals surface area (Å²) in [7, 11) is 0. The molecule has 2 rings (SSSR count). The normalized spacial score (nSPS) is 10.5. The van der Waals surface area contributed by atoms with E-state index in [0.717, 1.165) is 16.3 Å². The highest BCUT2D eigenvalue weighted by Crippen LogP contribution is 2.29. The summed E-state index contributed by atoms with van der Waals surface area (Å²) in [6, 6.07) is 7.78. The number of halogens is 2. The summed E-state index contributed by atoms with van der Waals surface area (Å²) in [6.07, 6.45) is 0. The van der Waals surface area contributed by atoms with E-state index in [1.807, 2.05) is 24.3 Å². The lowest BCUT2D eigenvalue weighted by Crippen LogP contribution is -1.80. The Morgan fingerprint density at radius 3 is 2.43 bits per heavy atom. The molecule has 1 aromatic heterocycles. The third kappa shape index (κ3) is 1.94. The van der Waals surface area contributed by atoms with E-state index in [1.165, 1.54) is 20.0 Å². The average molecular weight is 336 g/mol. The van der Waals surface area contributed by atoms with Crippen LogP contribution in [-0.4, -0.2) is 4.37 Å². The van der Waals surface area contributed by atoms with Gasteiger partial charge in [0.2, 0.25) is 0 Å². The van der Waals surface area contributed by atoms with E-state index in [9.17, 15) is 0 Å². The van der Waals surface area contributed by atoms with Crippen LogP contribution >= 0.6 is 45.7 Å². The first-order chi connectivity index (χ1) is 6.68. The molecule has 0 aliphatic carbocycles. The lowest BCUT2D eigenvalue weighted by molar-refractivity contribution is 1.48. The van der Waals surface area contributed by atoms with Crippen molar-refractivity contribution in [2.45, 2.75) is 6.92 Å². The Balaban J connectivity index is 2.49. The zero-order chi connectivity index (χ0) is 10.1. The van der Waals surface area contributed by atoms with Gasteiger partial charge in [-0.1, -0.05) is 23.7 Å². The molecule has 14 heavy (non-hydrogen) atoms. The van der Waals surface area contributed by atoms with Crippen molar-refractivity contribution in [3.8, 4) is 11.3 Å². The summed E-state index contributed by atoms with van der Waals surface area (Å²) in [5, 5.41) is 0.760. The quantitative estimate of drug-likeness (QED) is 0.705. The molecule has 1 heterocycles. The molecule has 0 saturated carbocycles. The summed E-state index contributed by atoms with van der Waals surface area (Å²) in [4.78, 5) is 1.26. The van der Waals surface area contributed by atoms with Gasteiger partial charge in [-0.25, -0.2) is 0 Å². The molecular weight excluding hydrogens is 329 g/mol. The Hall–Kier alpha value is -0.130. The Morgan fingerprint density at radius 2 is 1.93 bits per heavy atom. The summed E-state index contributed by atoms with van der Waals surface area (Å²) in [5.41, 5.74) is 2.19. The van der Waals surface area contributed by atoms with Gasteiger partial charge >= 0.3 is 0 Å². The van der Waals surface area contributed by atoms with E-state index in [2.05, 4.69) is 33.9 Å². The minimum absolute atomic E-state index is 0.760. The Morgan fingerprint density at radius 1 is 1.29 bits per heavy atom. The van der Waals surface area contributed by atoms with Crippen molar-refractivity contribution in [1.82, 2.24) is 4.37 Å². The number of aryl methyl sites for hydroxylation is 1. The number of benzene rings is 1. The van der Waals surface area contributed by atoms with Crippen molar-refractivity contribution in [2.24, 2.45) is 0 Å². The summed E-state index contributed by atoms with van der Waals surface area (Å²) >= 11 is 9.69. The van der Waals surface area contributed by atoms with Crippen LogP contribution in [0.25, 0.3) is 11.3 Å². The Labute approximate surface area is 105 Å². The van der Waals surface area contributed by atoms with E-state index in [1.54, 1.807) is 0 Å². The Bertz CT molecular complexity index is 450. The molecule has 4 heteroatoms. The highest BCUT2D eigenvalue weighted by molar-refractivity contribution is 14.1. The third-order valence-electron chi connectivity index (χ3n) is 1.91. The fourth-order valence-corrected chi connectivity index (χ4v) is 2.77. The molecular formula is C10H7ClINS. The molecule has 0 spiro atoms. The highest BCUT2D eigenvalue weighted by Gasteiger charge is 2.09. The van der Waals surface area contributed by atoms with Crippen molar-refractivity contribution >= 4 is 45.7 Å². The van der Waals surface area contributed by atoms with Gasteiger partial charge in [-0.05, 0) is 53.2 Å². The number of nitrogens with zero attached hydrogens (tertiary/aromatic N) is 1. The second-order valence-corrected chi connectivity index (χ2v) is 5.40. The second kappa shape index (κ2) is 4.16. The van der Waals surface area contributed by atoms with Crippen LogP contribution in [-0.2, 0) is 0 Å².